The Hall–Kier alpha value is -2.11. The van der Waals surface area contributed by atoms with Gasteiger partial charge in [-0.15, -0.1) is 12.4 Å². The Morgan fingerprint density at radius 3 is 2.41 bits per heavy atom. The van der Waals surface area contributed by atoms with E-state index in [2.05, 4.69) is 0 Å². The maximum Gasteiger partial charge on any atom is 0.254 e. The summed E-state index contributed by atoms with van der Waals surface area (Å²) in [6, 6.07) is 14.1. The van der Waals surface area contributed by atoms with E-state index in [0.717, 1.165) is 55.0 Å². The number of carbonyl (C=O) groups is 2. The van der Waals surface area contributed by atoms with Crippen LogP contribution in [0.3, 0.4) is 0 Å². The van der Waals surface area contributed by atoms with Gasteiger partial charge in [0.15, 0.2) is 0 Å². The smallest absolute Gasteiger partial charge is 0.254 e. The normalized spacial score (nSPS) is 20.4. The number of nitrogens with two attached hydrogens (primary N) is 1. The van der Waals surface area contributed by atoms with Crippen molar-refractivity contribution in [3.63, 3.8) is 0 Å². The molecule has 2 fully saturated rings. The quantitative estimate of drug-likeness (QED) is 0.834. The molecule has 156 valence electrons. The summed E-state index contributed by atoms with van der Waals surface area (Å²) >= 11 is 0. The number of amides is 2. The van der Waals surface area contributed by atoms with Crippen LogP contribution in [0.2, 0.25) is 0 Å². The zero-order valence-corrected chi connectivity index (χ0v) is 17.6. The number of halogens is 1. The van der Waals surface area contributed by atoms with Crippen LogP contribution in [0.25, 0.3) is 10.8 Å². The second kappa shape index (κ2) is 9.59. The maximum atomic E-state index is 13.1. The van der Waals surface area contributed by atoms with Gasteiger partial charge in [-0.3, -0.25) is 9.59 Å². The Balaban J connectivity index is 0.00000240. The summed E-state index contributed by atoms with van der Waals surface area (Å²) in [7, 11) is 0. The number of likely N-dealkylation sites (tertiary alicyclic amines) is 2. The Labute approximate surface area is 178 Å². The fraction of sp³-hybridized carbons (Fsp3) is 0.478. The van der Waals surface area contributed by atoms with E-state index in [1.54, 1.807) is 0 Å². The van der Waals surface area contributed by atoms with Gasteiger partial charge in [-0.25, -0.2) is 0 Å². The highest BCUT2D eigenvalue weighted by atomic mass is 35.5. The highest BCUT2D eigenvalue weighted by Gasteiger charge is 2.34. The van der Waals surface area contributed by atoms with E-state index in [-0.39, 0.29) is 36.2 Å². The molecule has 6 heteroatoms. The topological polar surface area (TPSA) is 66.6 Å². The third-order valence-electron chi connectivity index (χ3n) is 6.33. The molecule has 0 radical (unpaired) electrons. The molecular weight excluding hydrogens is 386 g/mol. The number of fused-ring (bicyclic) bond motifs is 1. The molecule has 2 saturated heterocycles. The van der Waals surface area contributed by atoms with Crippen molar-refractivity contribution in [1.82, 2.24) is 9.80 Å². The molecule has 2 amide bonds. The average molecular weight is 416 g/mol. The van der Waals surface area contributed by atoms with E-state index < -0.39 is 0 Å². The Morgan fingerprint density at radius 1 is 0.931 bits per heavy atom. The maximum absolute atomic E-state index is 13.1. The van der Waals surface area contributed by atoms with Gasteiger partial charge >= 0.3 is 0 Å². The lowest BCUT2D eigenvalue weighted by Crippen LogP contribution is -2.51. The minimum absolute atomic E-state index is 0. The first kappa shape index (κ1) is 21.6. The van der Waals surface area contributed by atoms with Crippen LogP contribution in [0.1, 0.15) is 42.5 Å². The van der Waals surface area contributed by atoms with E-state index in [9.17, 15) is 9.59 Å². The van der Waals surface area contributed by atoms with Crippen LogP contribution in [0.15, 0.2) is 42.5 Å². The fourth-order valence-electron chi connectivity index (χ4n) is 4.68. The van der Waals surface area contributed by atoms with Crippen molar-refractivity contribution in [2.24, 2.45) is 11.7 Å². The van der Waals surface area contributed by atoms with Crippen LogP contribution in [0, 0.1) is 5.92 Å². The predicted molar refractivity (Wildman–Crippen MR) is 118 cm³/mol. The van der Waals surface area contributed by atoms with Crippen LogP contribution in [-0.2, 0) is 4.79 Å². The molecule has 0 aliphatic carbocycles. The third kappa shape index (κ3) is 4.41. The molecule has 1 atom stereocenters. The molecular formula is C23H30ClN3O2. The van der Waals surface area contributed by atoms with Crippen LogP contribution < -0.4 is 5.73 Å². The summed E-state index contributed by atoms with van der Waals surface area (Å²) in [5, 5.41) is 2.07. The van der Waals surface area contributed by atoms with E-state index in [0.29, 0.717) is 19.6 Å². The number of hydrogen-bond donors (Lipinski definition) is 1. The lowest BCUT2D eigenvalue weighted by molar-refractivity contribution is -0.140. The number of piperidine rings is 2. The van der Waals surface area contributed by atoms with Crippen molar-refractivity contribution in [3.05, 3.63) is 48.0 Å². The molecule has 0 bridgehead atoms. The first-order valence-corrected chi connectivity index (χ1v) is 10.5. The Bertz CT molecular complexity index is 859. The highest BCUT2D eigenvalue weighted by molar-refractivity contribution is 6.07. The van der Waals surface area contributed by atoms with Crippen LogP contribution >= 0.6 is 12.4 Å². The summed E-state index contributed by atoms with van der Waals surface area (Å²) < 4.78 is 0. The number of nitrogens with zero attached hydrogens (tertiary/aromatic N) is 2. The number of carbonyl (C=O) groups excluding carboxylic acids is 2. The number of benzene rings is 2. The van der Waals surface area contributed by atoms with E-state index >= 15 is 0 Å². The SMILES string of the molecule is Cl.NCC1CCCCN1C(=O)C1CCN(C(=O)c2cccc3ccccc23)CC1. The molecule has 4 rings (SSSR count). The van der Waals surface area contributed by atoms with Crippen molar-refractivity contribution < 1.29 is 9.59 Å². The van der Waals surface area contributed by atoms with Gasteiger partial charge in [-0.05, 0) is 48.9 Å². The van der Waals surface area contributed by atoms with Gasteiger partial charge in [-0.2, -0.15) is 0 Å². The van der Waals surface area contributed by atoms with Gasteiger partial charge < -0.3 is 15.5 Å². The molecule has 2 heterocycles. The Morgan fingerprint density at radius 2 is 1.66 bits per heavy atom. The summed E-state index contributed by atoms with van der Waals surface area (Å²) in [4.78, 5) is 30.0. The predicted octanol–water partition coefficient (Wildman–Crippen LogP) is 3.45. The largest absolute Gasteiger partial charge is 0.339 e. The molecule has 0 aromatic heterocycles. The molecule has 2 aliphatic rings. The minimum Gasteiger partial charge on any atom is -0.339 e. The summed E-state index contributed by atoms with van der Waals surface area (Å²) in [6.07, 6.45) is 4.72. The van der Waals surface area contributed by atoms with Crippen molar-refractivity contribution in [1.29, 1.82) is 0 Å². The molecule has 29 heavy (non-hydrogen) atoms. The molecule has 0 spiro atoms. The number of hydrogen-bond acceptors (Lipinski definition) is 3. The van der Waals surface area contributed by atoms with Gasteiger partial charge in [0.1, 0.15) is 0 Å². The van der Waals surface area contributed by atoms with Crippen molar-refractivity contribution in [2.45, 2.75) is 38.1 Å². The number of rotatable bonds is 3. The zero-order valence-electron chi connectivity index (χ0n) is 16.8. The average Bonchev–Trinajstić information content (AvgIpc) is 2.77. The molecule has 5 nitrogen and oxygen atoms in total. The van der Waals surface area contributed by atoms with Crippen molar-refractivity contribution >= 4 is 35.0 Å². The summed E-state index contributed by atoms with van der Waals surface area (Å²) in [5.41, 5.74) is 6.64. The first-order valence-electron chi connectivity index (χ1n) is 10.5. The standard InChI is InChI=1S/C23H29N3O2.ClH/c24-16-19-8-3-4-13-26(19)22(27)18-11-14-25(15-12-18)23(28)21-10-5-7-17-6-1-2-9-20(17)21;/h1-2,5-7,9-10,18-19H,3-4,8,11-16,24H2;1H. The van der Waals surface area contributed by atoms with Gasteiger partial charge in [0.25, 0.3) is 5.91 Å². The van der Waals surface area contributed by atoms with Gasteiger partial charge in [0.2, 0.25) is 5.91 Å². The monoisotopic (exact) mass is 415 g/mol. The van der Waals surface area contributed by atoms with Crippen LogP contribution in [-0.4, -0.2) is 53.8 Å². The Kier molecular flexibility index (Phi) is 7.14. The van der Waals surface area contributed by atoms with Crippen molar-refractivity contribution in [2.75, 3.05) is 26.2 Å². The lowest BCUT2D eigenvalue weighted by atomic mass is 9.92. The van der Waals surface area contributed by atoms with E-state index in [1.807, 2.05) is 52.3 Å². The highest BCUT2D eigenvalue weighted by Crippen LogP contribution is 2.27. The van der Waals surface area contributed by atoms with Crippen molar-refractivity contribution in [3.8, 4) is 0 Å². The zero-order chi connectivity index (χ0) is 19.5. The van der Waals surface area contributed by atoms with Crippen LogP contribution in [0.5, 0.6) is 0 Å². The molecule has 2 N–H and O–H groups in total. The molecule has 2 aromatic carbocycles. The molecule has 0 saturated carbocycles. The second-order valence-corrected chi connectivity index (χ2v) is 8.01. The molecule has 1 unspecified atom stereocenters. The second-order valence-electron chi connectivity index (χ2n) is 8.01. The van der Waals surface area contributed by atoms with E-state index in [4.69, 9.17) is 5.73 Å². The van der Waals surface area contributed by atoms with Crippen LogP contribution in [0.4, 0.5) is 0 Å². The van der Waals surface area contributed by atoms with Gasteiger partial charge in [0, 0.05) is 43.7 Å². The molecule has 2 aromatic rings. The van der Waals surface area contributed by atoms with Gasteiger partial charge in [0.05, 0.1) is 0 Å². The third-order valence-corrected chi connectivity index (χ3v) is 6.33. The lowest BCUT2D eigenvalue weighted by Gasteiger charge is -2.39. The first-order chi connectivity index (χ1) is 13.7. The minimum atomic E-state index is 0. The summed E-state index contributed by atoms with van der Waals surface area (Å²) in [5.74, 6) is 0.330. The van der Waals surface area contributed by atoms with E-state index in [1.165, 1.54) is 0 Å². The fourth-order valence-corrected chi connectivity index (χ4v) is 4.68. The summed E-state index contributed by atoms with van der Waals surface area (Å²) in [6.45, 7) is 2.65. The van der Waals surface area contributed by atoms with Gasteiger partial charge in [-0.1, -0.05) is 36.4 Å². The molecule has 2 aliphatic heterocycles.